The number of amidine groups is 1. The average Bonchev–Trinajstić information content (AvgIpc) is 2.22. The molecular formula is C9H16N4OS. The van der Waals surface area contributed by atoms with Gasteiger partial charge in [0.2, 0.25) is 12.1 Å². The Morgan fingerprint density at radius 2 is 2.13 bits per heavy atom. The summed E-state index contributed by atoms with van der Waals surface area (Å²) < 4.78 is 0. The van der Waals surface area contributed by atoms with E-state index in [1.165, 1.54) is 16.7 Å². The van der Waals surface area contributed by atoms with Crippen LogP contribution in [0.25, 0.3) is 0 Å². The third-order valence-electron chi connectivity index (χ3n) is 1.81. The first-order chi connectivity index (χ1) is 7.06. The number of hydrogen-bond donors (Lipinski definition) is 0. The fraction of sp³-hybridized carbons (Fsp3) is 0.667. The zero-order chi connectivity index (χ0) is 11.8. The van der Waals surface area contributed by atoms with E-state index in [2.05, 4.69) is 4.99 Å². The van der Waals surface area contributed by atoms with Gasteiger partial charge in [0.25, 0.3) is 0 Å². The van der Waals surface area contributed by atoms with Gasteiger partial charge < -0.3 is 9.80 Å². The van der Waals surface area contributed by atoms with Gasteiger partial charge in [0.05, 0.1) is 6.54 Å². The number of amides is 1. The van der Waals surface area contributed by atoms with E-state index in [0.717, 1.165) is 0 Å². The lowest BCUT2D eigenvalue weighted by molar-refractivity contribution is -0.128. The molecule has 6 heteroatoms. The molecule has 0 aliphatic rings. The highest BCUT2D eigenvalue weighted by molar-refractivity contribution is 8.13. The van der Waals surface area contributed by atoms with Crippen LogP contribution in [0.4, 0.5) is 0 Å². The van der Waals surface area contributed by atoms with Crippen LogP contribution in [0.2, 0.25) is 0 Å². The minimum Gasteiger partial charge on any atom is -0.347 e. The van der Waals surface area contributed by atoms with Gasteiger partial charge in [-0.1, -0.05) is 11.8 Å². The van der Waals surface area contributed by atoms with Gasteiger partial charge in [-0.15, -0.1) is 4.99 Å². The van der Waals surface area contributed by atoms with Crippen LogP contribution in [0.1, 0.15) is 6.92 Å². The highest BCUT2D eigenvalue weighted by Crippen LogP contribution is 2.05. The zero-order valence-corrected chi connectivity index (χ0v) is 10.3. The molecule has 5 nitrogen and oxygen atoms in total. The largest absolute Gasteiger partial charge is 0.347 e. The number of rotatable bonds is 3. The Morgan fingerprint density at radius 1 is 1.53 bits per heavy atom. The van der Waals surface area contributed by atoms with Crippen molar-refractivity contribution >= 4 is 22.8 Å². The Balaban J connectivity index is 4.56. The molecule has 0 aromatic heterocycles. The monoisotopic (exact) mass is 228 g/mol. The van der Waals surface area contributed by atoms with Crippen molar-refractivity contribution in [2.24, 2.45) is 4.99 Å². The number of nitrogens with zero attached hydrogens (tertiary/aromatic N) is 4. The number of nitriles is 1. The summed E-state index contributed by atoms with van der Waals surface area (Å²) in [5.41, 5.74) is 0. The highest BCUT2D eigenvalue weighted by atomic mass is 32.2. The first-order valence-corrected chi connectivity index (χ1v) is 5.75. The second-order valence-electron chi connectivity index (χ2n) is 3.00. The molecule has 1 amide bonds. The van der Waals surface area contributed by atoms with Crippen molar-refractivity contribution < 1.29 is 4.79 Å². The van der Waals surface area contributed by atoms with E-state index in [1.807, 2.05) is 13.2 Å². The van der Waals surface area contributed by atoms with Crippen LogP contribution in [0.5, 0.6) is 0 Å². The van der Waals surface area contributed by atoms with Crippen molar-refractivity contribution in [2.45, 2.75) is 6.92 Å². The summed E-state index contributed by atoms with van der Waals surface area (Å²) in [6.07, 6.45) is 3.57. The normalized spacial score (nSPS) is 10.7. The van der Waals surface area contributed by atoms with Crippen molar-refractivity contribution in [3.63, 3.8) is 0 Å². The smallest absolute Gasteiger partial charge is 0.241 e. The molecule has 0 N–H and O–H groups in total. The van der Waals surface area contributed by atoms with Crippen molar-refractivity contribution in [3.05, 3.63) is 0 Å². The quantitative estimate of drug-likeness (QED) is 0.403. The van der Waals surface area contributed by atoms with Crippen LogP contribution in [0.3, 0.4) is 0 Å². The van der Waals surface area contributed by atoms with E-state index >= 15 is 0 Å². The predicted octanol–water partition coefficient (Wildman–Crippen LogP) is 0.597. The van der Waals surface area contributed by atoms with E-state index in [0.29, 0.717) is 11.7 Å². The molecule has 0 rings (SSSR count). The molecule has 0 heterocycles. The minimum atomic E-state index is -0.00320. The molecule has 0 aliphatic carbocycles. The fourth-order valence-electron chi connectivity index (χ4n) is 0.908. The third kappa shape index (κ3) is 4.70. The van der Waals surface area contributed by atoms with E-state index in [4.69, 9.17) is 5.26 Å². The lowest BCUT2D eigenvalue weighted by Gasteiger charge is -2.23. The van der Waals surface area contributed by atoms with Crippen molar-refractivity contribution in [3.8, 4) is 6.19 Å². The van der Waals surface area contributed by atoms with Crippen LogP contribution in [0.15, 0.2) is 4.99 Å². The molecule has 0 fully saturated rings. The van der Waals surface area contributed by atoms with Gasteiger partial charge in [-0.2, -0.15) is 5.26 Å². The van der Waals surface area contributed by atoms with Crippen molar-refractivity contribution in [1.29, 1.82) is 5.26 Å². The maximum Gasteiger partial charge on any atom is 0.241 e. The highest BCUT2D eigenvalue weighted by Gasteiger charge is 2.14. The number of thioether (sulfide) groups is 1. The standard InChI is InChI=1S/C9H16N4OS/c1-5-13(6-8(14)12(2)3)9(15-4)11-7-10/h5-6H2,1-4H3. The van der Waals surface area contributed by atoms with E-state index in [9.17, 15) is 4.79 Å². The first-order valence-electron chi connectivity index (χ1n) is 4.52. The Labute approximate surface area is 94.8 Å². The SMILES string of the molecule is CCN(CC(=O)N(C)C)C(=NC#N)SC. The maximum absolute atomic E-state index is 11.5. The fourth-order valence-corrected chi connectivity index (χ4v) is 1.49. The summed E-state index contributed by atoms with van der Waals surface area (Å²) in [4.78, 5) is 18.4. The molecule has 0 saturated heterocycles. The molecule has 0 aromatic rings. The molecule has 0 aromatic carbocycles. The van der Waals surface area contributed by atoms with Crippen LogP contribution in [-0.2, 0) is 4.79 Å². The van der Waals surface area contributed by atoms with Crippen LogP contribution in [0, 0.1) is 11.5 Å². The van der Waals surface area contributed by atoms with Crippen LogP contribution < -0.4 is 0 Å². The first kappa shape index (κ1) is 13.8. The average molecular weight is 228 g/mol. The second kappa shape index (κ2) is 7.12. The van der Waals surface area contributed by atoms with Gasteiger partial charge in [0.15, 0.2) is 5.17 Å². The summed E-state index contributed by atoms with van der Waals surface area (Å²) >= 11 is 1.36. The summed E-state index contributed by atoms with van der Waals surface area (Å²) in [5.74, 6) is -0.00320. The number of hydrogen-bond acceptors (Lipinski definition) is 4. The number of carbonyl (C=O) groups is 1. The molecule has 0 spiro atoms. The molecule has 15 heavy (non-hydrogen) atoms. The molecule has 0 atom stereocenters. The molecule has 0 aliphatic heterocycles. The Bertz CT molecular complexity index is 282. The Morgan fingerprint density at radius 3 is 2.47 bits per heavy atom. The number of carbonyl (C=O) groups excluding carboxylic acids is 1. The van der Waals surface area contributed by atoms with E-state index in [1.54, 1.807) is 25.2 Å². The maximum atomic E-state index is 11.5. The molecule has 0 saturated carbocycles. The number of aliphatic imine (C=N–C) groups is 1. The lowest BCUT2D eigenvalue weighted by atomic mass is 10.5. The van der Waals surface area contributed by atoms with Crippen molar-refractivity contribution in [2.75, 3.05) is 33.4 Å². The van der Waals surface area contributed by atoms with Gasteiger partial charge in [-0.25, -0.2) is 0 Å². The summed E-state index contributed by atoms with van der Waals surface area (Å²) in [6.45, 7) is 2.83. The Kier molecular flexibility index (Phi) is 6.54. The van der Waals surface area contributed by atoms with Gasteiger partial charge in [-0.3, -0.25) is 4.79 Å². The zero-order valence-electron chi connectivity index (χ0n) is 9.52. The molecule has 0 bridgehead atoms. The van der Waals surface area contributed by atoms with Crippen molar-refractivity contribution in [1.82, 2.24) is 9.80 Å². The van der Waals surface area contributed by atoms with Crippen LogP contribution in [-0.4, -0.2) is 54.3 Å². The molecule has 0 radical (unpaired) electrons. The molecule has 84 valence electrons. The minimum absolute atomic E-state index is 0.00320. The number of likely N-dealkylation sites (N-methyl/N-ethyl adjacent to an activating group) is 2. The molecular weight excluding hydrogens is 212 g/mol. The van der Waals surface area contributed by atoms with Gasteiger partial charge in [0.1, 0.15) is 0 Å². The lowest BCUT2D eigenvalue weighted by Crippen LogP contribution is -2.39. The second-order valence-corrected chi connectivity index (χ2v) is 3.77. The summed E-state index contributed by atoms with van der Waals surface area (Å²) in [7, 11) is 3.41. The molecule has 0 unspecified atom stereocenters. The van der Waals surface area contributed by atoms with Gasteiger partial charge >= 0.3 is 0 Å². The van der Waals surface area contributed by atoms with Gasteiger partial charge in [0, 0.05) is 20.6 Å². The van der Waals surface area contributed by atoms with Gasteiger partial charge in [-0.05, 0) is 13.2 Å². The predicted molar refractivity (Wildman–Crippen MR) is 62.5 cm³/mol. The third-order valence-corrected chi connectivity index (χ3v) is 2.52. The topological polar surface area (TPSA) is 59.7 Å². The van der Waals surface area contributed by atoms with Crippen LogP contribution >= 0.6 is 11.8 Å². The summed E-state index contributed by atoms with van der Waals surface area (Å²) in [6, 6.07) is 0. The van der Waals surface area contributed by atoms with E-state index in [-0.39, 0.29) is 12.5 Å². The summed E-state index contributed by atoms with van der Waals surface area (Å²) in [5, 5.41) is 9.06. The Hall–Kier alpha value is -1.22. The van der Waals surface area contributed by atoms with E-state index < -0.39 is 0 Å².